The van der Waals surface area contributed by atoms with E-state index in [0.717, 1.165) is 0 Å². The van der Waals surface area contributed by atoms with Gasteiger partial charge in [-0.05, 0) is 18.4 Å². The maximum absolute atomic E-state index is 8.07. The lowest BCUT2D eigenvalue weighted by Crippen LogP contribution is -2.22. The number of azide groups is 1. The van der Waals surface area contributed by atoms with Gasteiger partial charge in [-0.25, -0.2) is 0 Å². The molecule has 0 radical (unpaired) electrons. The highest BCUT2D eigenvalue weighted by atomic mass is 16.5. The Balaban J connectivity index is 3.78. The number of rotatable bonds is 5. The quantitative estimate of drug-likeness (QED) is 0.343. The van der Waals surface area contributed by atoms with Crippen molar-refractivity contribution in [2.24, 2.45) is 11.0 Å². The highest BCUT2D eigenvalue weighted by molar-refractivity contribution is 4.65. The molecule has 64 valence electrons. The first-order valence-electron chi connectivity index (χ1n) is 3.84. The SMILES string of the molecule is CCOC(CN=[N+]=[N-])C(C)C. The summed E-state index contributed by atoms with van der Waals surface area (Å²) in [7, 11) is 0. The molecule has 4 nitrogen and oxygen atoms in total. The molecule has 0 saturated carbocycles. The van der Waals surface area contributed by atoms with Crippen molar-refractivity contribution in [3.63, 3.8) is 0 Å². The van der Waals surface area contributed by atoms with Crippen LogP contribution in [0.2, 0.25) is 0 Å². The van der Waals surface area contributed by atoms with Crippen molar-refractivity contribution in [2.75, 3.05) is 13.2 Å². The fourth-order valence-electron chi connectivity index (χ4n) is 0.787. The van der Waals surface area contributed by atoms with E-state index in [1.807, 2.05) is 20.8 Å². The normalized spacial score (nSPS) is 12.7. The van der Waals surface area contributed by atoms with Gasteiger partial charge < -0.3 is 4.74 Å². The molecule has 11 heavy (non-hydrogen) atoms. The van der Waals surface area contributed by atoms with Gasteiger partial charge >= 0.3 is 0 Å². The fourth-order valence-corrected chi connectivity index (χ4v) is 0.787. The van der Waals surface area contributed by atoms with Crippen LogP contribution in [0.25, 0.3) is 10.4 Å². The molecule has 0 heterocycles. The molecule has 0 amide bonds. The van der Waals surface area contributed by atoms with Crippen LogP contribution in [0, 0.1) is 5.92 Å². The first kappa shape index (κ1) is 10.3. The van der Waals surface area contributed by atoms with E-state index in [-0.39, 0.29) is 6.10 Å². The summed E-state index contributed by atoms with van der Waals surface area (Å²) in [4.78, 5) is 2.69. The zero-order chi connectivity index (χ0) is 8.69. The predicted molar refractivity (Wildman–Crippen MR) is 44.3 cm³/mol. The van der Waals surface area contributed by atoms with E-state index in [1.54, 1.807) is 0 Å². The third kappa shape index (κ3) is 4.65. The van der Waals surface area contributed by atoms with E-state index in [2.05, 4.69) is 10.0 Å². The van der Waals surface area contributed by atoms with Crippen molar-refractivity contribution in [1.82, 2.24) is 0 Å². The zero-order valence-electron chi connectivity index (χ0n) is 7.32. The molecule has 1 unspecified atom stereocenters. The summed E-state index contributed by atoms with van der Waals surface area (Å²) >= 11 is 0. The average molecular weight is 157 g/mol. The van der Waals surface area contributed by atoms with Crippen LogP contribution in [-0.2, 0) is 4.74 Å². The highest BCUT2D eigenvalue weighted by Crippen LogP contribution is 2.06. The molecule has 0 aliphatic heterocycles. The monoisotopic (exact) mass is 157 g/mol. The maximum atomic E-state index is 8.07. The standard InChI is InChI=1S/C7H15N3O/c1-4-11-7(6(2)3)5-9-10-8/h6-7H,4-5H2,1-3H3. The third-order valence-electron chi connectivity index (χ3n) is 1.45. The van der Waals surface area contributed by atoms with E-state index in [1.165, 1.54) is 0 Å². The molecule has 0 aliphatic carbocycles. The van der Waals surface area contributed by atoms with Gasteiger partial charge in [-0.2, -0.15) is 0 Å². The first-order chi connectivity index (χ1) is 5.22. The Labute approximate surface area is 67.2 Å². The highest BCUT2D eigenvalue weighted by Gasteiger charge is 2.10. The average Bonchev–Trinajstić information content (AvgIpc) is 1.97. The minimum absolute atomic E-state index is 0.0656. The zero-order valence-corrected chi connectivity index (χ0v) is 7.32. The van der Waals surface area contributed by atoms with Gasteiger partial charge in [-0.3, -0.25) is 0 Å². The van der Waals surface area contributed by atoms with E-state index >= 15 is 0 Å². The van der Waals surface area contributed by atoms with Gasteiger partial charge in [0, 0.05) is 11.5 Å². The molecule has 0 rings (SSSR count). The van der Waals surface area contributed by atoms with E-state index in [4.69, 9.17) is 10.3 Å². The van der Waals surface area contributed by atoms with Crippen molar-refractivity contribution >= 4 is 0 Å². The second kappa shape index (κ2) is 6.01. The maximum Gasteiger partial charge on any atom is 0.0654 e. The van der Waals surface area contributed by atoms with Gasteiger partial charge in [0.1, 0.15) is 0 Å². The van der Waals surface area contributed by atoms with Gasteiger partial charge in [0.05, 0.1) is 12.6 Å². The summed E-state index contributed by atoms with van der Waals surface area (Å²) in [6, 6.07) is 0. The van der Waals surface area contributed by atoms with Gasteiger partial charge in [-0.1, -0.05) is 19.0 Å². The van der Waals surface area contributed by atoms with E-state index in [0.29, 0.717) is 19.1 Å². The minimum atomic E-state index is 0.0656. The molecule has 0 aromatic carbocycles. The van der Waals surface area contributed by atoms with Crippen LogP contribution in [0.4, 0.5) is 0 Å². The van der Waals surface area contributed by atoms with Gasteiger partial charge in [-0.15, -0.1) is 0 Å². The van der Waals surface area contributed by atoms with Gasteiger partial charge in [0.2, 0.25) is 0 Å². The third-order valence-corrected chi connectivity index (χ3v) is 1.45. The molecule has 0 fully saturated rings. The molecule has 4 heteroatoms. The lowest BCUT2D eigenvalue weighted by molar-refractivity contribution is 0.0372. The Morgan fingerprint density at radius 1 is 1.55 bits per heavy atom. The largest absolute Gasteiger partial charge is 0.378 e. The molecular formula is C7H15N3O. The Kier molecular flexibility index (Phi) is 5.61. The number of ether oxygens (including phenoxy) is 1. The summed E-state index contributed by atoms with van der Waals surface area (Å²) < 4.78 is 5.34. The van der Waals surface area contributed by atoms with Gasteiger partial charge in [0.15, 0.2) is 0 Å². The van der Waals surface area contributed by atoms with Crippen LogP contribution in [-0.4, -0.2) is 19.3 Å². The summed E-state index contributed by atoms with van der Waals surface area (Å²) in [5.41, 5.74) is 8.07. The van der Waals surface area contributed by atoms with Crippen LogP contribution in [0.1, 0.15) is 20.8 Å². The second-order valence-corrected chi connectivity index (χ2v) is 2.65. The predicted octanol–water partition coefficient (Wildman–Crippen LogP) is 2.36. The fraction of sp³-hybridized carbons (Fsp3) is 1.00. The number of nitrogens with zero attached hydrogens (tertiary/aromatic N) is 3. The van der Waals surface area contributed by atoms with Crippen molar-refractivity contribution in [2.45, 2.75) is 26.9 Å². The van der Waals surface area contributed by atoms with Crippen LogP contribution >= 0.6 is 0 Å². The molecule has 0 saturated heterocycles. The Hall–Kier alpha value is -0.730. The van der Waals surface area contributed by atoms with E-state index in [9.17, 15) is 0 Å². The van der Waals surface area contributed by atoms with E-state index < -0.39 is 0 Å². The lowest BCUT2D eigenvalue weighted by Gasteiger charge is -2.17. The molecule has 0 aromatic heterocycles. The molecular weight excluding hydrogens is 142 g/mol. The molecule has 0 N–H and O–H groups in total. The summed E-state index contributed by atoms with van der Waals surface area (Å²) in [6.07, 6.45) is 0.0656. The van der Waals surface area contributed by atoms with Crippen LogP contribution in [0.5, 0.6) is 0 Å². The Bertz CT molecular complexity index is 141. The van der Waals surface area contributed by atoms with Crippen LogP contribution in [0.15, 0.2) is 5.11 Å². The summed E-state index contributed by atoms with van der Waals surface area (Å²) in [5.74, 6) is 0.403. The molecule has 0 spiro atoms. The van der Waals surface area contributed by atoms with Crippen molar-refractivity contribution in [3.8, 4) is 0 Å². The smallest absolute Gasteiger partial charge is 0.0654 e. The van der Waals surface area contributed by atoms with Crippen molar-refractivity contribution in [3.05, 3.63) is 10.4 Å². The Morgan fingerprint density at radius 2 is 2.18 bits per heavy atom. The topological polar surface area (TPSA) is 58.0 Å². The molecule has 0 aromatic rings. The van der Waals surface area contributed by atoms with Crippen LogP contribution < -0.4 is 0 Å². The van der Waals surface area contributed by atoms with Crippen molar-refractivity contribution in [1.29, 1.82) is 0 Å². The first-order valence-corrected chi connectivity index (χ1v) is 3.84. The number of hydrogen-bond donors (Lipinski definition) is 0. The van der Waals surface area contributed by atoms with Crippen LogP contribution in [0.3, 0.4) is 0 Å². The van der Waals surface area contributed by atoms with Crippen molar-refractivity contribution < 1.29 is 4.74 Å². The Morgan fingerprint density at radius 3 is 2.55 bits per heavy atom. The molecule has 1 atom stereocenters. The molecule has 0 aliphatic rings. The number of hydrogen-bond acceptors (Lipinski definition) is 2. The summed E-state index contributed by atoms with van der Waals surface area (Å²) in [6.45, 7) is 7.14. The summed E-state index contributed by atoms with van der Waals surface area (Å²) in [5, 5.41) is 3.47. The lowest BCUT2D eigenvalue weighted by atomic mass is 10.1. The minimum Gasteiger partial charge on any atom is -0.378 e. The van der Waals surface area contributed by atoms with Gasteiger partial charge in [0.25, 0.3) is 0 Å². The molecule has 0 bridgehead atoms. The second-order valence-electron chi connectivity index (χ2n) is 2.65.